The van der Waals surface area contributed by atoms with Crippen molar-refractivity contribution in [2.45, 2.75) is 12.3 Å². The highest BCUT2D eigenvalue weighted by atomic mass is 32.1. The van der Waals surface area contributed by atoms with Gasteiger partial charge < -0.3 is 14.9 Å². The second-order valence-electron chi connectivity index (χ2n) is 4.06. The number of carbonyl (C=O) groups is 1. The number of thiophene rings is 1. The van der Waals surface area contributed by atoms with Crippen molar-refractivity contribution in [2.24, 2.45) is 0 Å². The SMILES string of the molecule is O=C(O)OC1NCC(O)c2sc3ccccc3c21. The maximum atomic E-state index is 10.7. The lowest BCUT2D eigenvalue weighted by Crippen LogP contribution is -2.34. The molecule has 0 aliphatic carbocycles. The van der Waals surface area contributed by atoms with E-state index in [1.807, 2.05) is 24.3 Å². The fraction of sp³-hybridized carbons (Fsp3) is 0.250. The number of carboxylic acid groups (broad SMARTS) is 1. The zero-order valence-electron chi connectivity index (χ0n) is 9.29. The Bertz CT molecular complexity index is 609. The van der Waals surface area contributed by atoms with E-state index in [1.54, 1.807) is 0 Å². The summed E-state index contributed by atoms with van der Waals surface area (Å²) in [5, 5.41) is 22.5. The maximum Gasteiger partial charge on any atom is 0.507 e. The van der Waals surface area contributed by atoms with E-state index in [0.717, 1.165) is 20.5 Å². The van der Waals surface area contributed by atoms with E-state index in [2.05, 4.69) is 5.32 Å². The minimum atomic E-state index is -1.33. The Morgan fingerprint density at radius 2 is 2.22 bits per heavy atom. The van der Waals surface area contributed by atoms with E-state index >= 15 is 0 Å². The zero-order valence-corrected chi connectivity index (χ0v) is 10.1. The molecule has 2 heterocycles. The van der Waals surface area contributed by atoms with Crippen LogP contribution in [0.1, 0.15) is 22.8 Å². The molecule has 0 bridgehead atoms. The van der Waals surface area contributed by atoms with Crippen LogP contribution in [0.3, 0.4) is 0 Å². The molecule has 3 rings (SSSR count). The Kier molecular flexibility index (Phi) is 2.70. The van der Waals surface area contributed by atoms with Crippen molar-refractivity contribution < 1.29 is 19.7 Å². The Morgan fingerprint density at radius 3 is 3.00 bits per heavy atom. The molecule has 2 unspecified atom stereocenters. The summed E-state index contributed by atoms with van der Waals surface area (Å²) in [5.74, 6) is 0. The summed E-state index contributed by atoms with van der Waals surface area (Å²) in [7, 11) is 0. The number of hydrogen-bond acceptors (Lipinski definition) is 5. The van der Waals surface area contributed by atoms with Gasteiger partial charge in [-0.25, -0.2) is 4.79 Å². The second-order valence-corrected chi connectivity index (χ2v) is 5.15. The topological polar surface area (TPSA) is 78.8 Å². The van der Waals surface area contributed by atoms with Crippen molar-refractivity contribution in [3.8, 4) is 0 Å². The van der Waals surface area contributed by atoms with Crippen LogP contribution >= 0.6 is 11.3 Å². The standard InChI is InChI=1S/C12H11NO4S/c14-7-5-13-11(17-12(15)16)9-6-3-1-2-4-8(6)18-10(7)9/h1-4,7,11,13-14H,5H2,(H,15,16). The molecule has 0 spiro atoms. The van der Waals surface area contributed by atoms with Gasteiger partial charge >= 0.3 is 6.16 Å². The van der Waals surface area contributed by atoms with Gasteiger partial charge in [0.1, 0.15) is 6.10 Å². The van der Waals surface area contributed by atoms with Crippen molar-refractivity contribution in [1.82, 2.24) is 5.32 Å². The molecule has 2 atom stereocenters. The van der Waals surface area contributed by atoms with Gasteiger partial charge in [0.05, 0.1) is 0 Å². The van der Waals surface area contributed by atoms with Crippen molar-refractivity contribution in [3.05, 3.63) is 34.7 Å². The first-order chi connectivity index (χ1) is 8.66. The summed E-state index contributed by atoms with van der Waals surface area (Å²) < 4.78 is 5.85. The fourth-order valence-electron chi connectivity index (χ4n) is 2.22. The fourth-order valence-corrected chi connectivity index (χ4v) is 3.43. The molecule has 1 aromatic heterocycles. The van der Waals surface area contributed by atoms with Crippen LogP contribution in [-0.2, 0) is 4.74 Å². The Balaban J connectivity index is 2.17. The van der Waals surface area contributed by atoms with Gasteiger partial charge in [0.25, 0.3) is 0 Å². The quantitative estimate of drug-likeness (QED) is 0.689. The molecule has 1 aliphatic heterocycles. The highest BCUT2D eigenvalue weighted by Crippen LogP contribution is 2.41. The summed E-state index contributed by atoms with van der Waals surface area (Å²) in [5.41, 5.74) is 0.733. The molecule has 0 radical (unpaired) electrons. The van der Waals surface area contributed by atoms with Gasteiger partial charge in [-0.3, -0.25) is 5.32 Å². The molecular weight excluding hydrogens is 254 g/mol. The third-order valence-electron chi connectivity index (χ3n) is 2.94. The van der Waals surface area contributed by atoms with E-state index in [4.69, 9.17) is 9.84 Å². The number of rotatable bonds is 1. The lowest BCUT2D eigenvalue weighted by atomic mass is 10.0. The number of β-amino-alcohol motifs (C(OH)–C–C–N with tert-alkyl or cyclic N) is 1. The molecule has 0 saturated heterocycles. The molecule has 1 aromatic carbocycles. The highest BCUT2D eigenvalue weighted by molar-refractivity contribution is 7.19. The predicted octanol–water partition coefficient (Wildman–Crippen LogP) is 2.23. The summed E-state index contributed by atoms with van der Waals surface area (Å²) in [6, 6.07) is 7.65. The van der Waals surface area contributed by atoms with Crippen LogP contribution in [0.4, 0.5) is 4.79 Å². The summed E-state index contributed by atoms with van der Waals surface area (Å²) in [4.78, 5) is 11.5. The van der Waals surface area contributed by atoms with E-state index in [-0.39, 0.29) is 6.54 Å². The van der Waals surface area contributed by atoms with Gasteiger partial charge in [0.15, 0.2) is 6.23 Å². The van der Waals surface area contributed by atoms with Gasteiger partial charge in [-0.2, -0.15) is 0 Å². The lowest BCUT2D eigenvalue weighted by molar-refractivity contribution is 0.0205. The van der Waals surface area contributed by atoms with Crippen LogP contribution in [0.5, 0.6) is 0 Å². The Hall–Kier alpha value is -1.63. The number of nitrogens with one attached hydrogen (secondary N) is 1. The highest BCUT2D eigenvalue weighted by Gasteiger charge is 2.31. The first kappa shape index (κ1) is 11.5. The Labute approximate surface area is 107 Å². The number of hydrogen-bond donors (Lipinski definition) is 3. The van der Waals surface area contributed by atoms with Crippen molar-refractivity contribution in [1.29, 1.82) is 0 Å². The van der Waals surface area contributed by atoms with Gasteiger partial charge in [-0.05, 0) is 6.07 Å². The third-order valence-corrected chi connectivity index (χ3v) is 4.23. The zero-order chi connectivity index (χ0) is 12.7. The number of fused-ring (bicyclic) bond motifs is 3. The van der Waals surface area contributed by atoms with Crippen molar-refractivity contribution in [2.75, 3.05) is 6.54 Å². The van der Waals surface area contributed by atoms with Crippen LogP contribution in [-0.4, -0.2) is 22.9 Å². The Morgan fingerprint density at radius 1 is 1.44 bits per heavy atom. The lowest BCUT2D eigenvalue weighted by Gasteiger charge is -2.26. The molecule has 5 nitrogen and oxygen atoms in total. The molecule has 94 valence electrons. The van der Waals surface area contributed by atoms with Gasteiger partial charge in [-0.1, -0.05) is 18.2 Å². The molecule has 2 aromatic rings. The molecular formula is C12H11NO4S. The maximum absolute atomic E-state index is 10.7. The average molecular weight is 265 g/mol. The smallest absolute Gasteiger partial charge is 0.450 e. The van der Waals surface area contributed by atoms with E-state index < -0.39 is 18.5 Å². The minimum Gasteiger partial charge on any atom is -0.450 e. The minimum absolute atomic E-state index is 0.289. The van der Waals surface area contributed by atoms with Gasteiger partial charge in [0.2, 0.25) is 0 Å². The number of aliphatic hydroxyl groups excluding tert-OH is 1. The van der Waals surface area contributed by atoms with Gasteiger partial charge in [0, 0.05) is 27.1 Å². The monoisotopic (exact) mass is 265 g/mol. The van der Waals surface area contributed by atoms with Crippen LogP contribution in [0.15, 0.2) is 24.3 Å². The number of aliphatic hydroxyl groups is 1. The number of benzene rings is 1. The molecule has 1 aliphatic rings. The van der Waals surface area contributed by atoms with Gasteiger partial charge in [-0.15, -0.1) is 11.3 Å². The normalized spacial score (nSPS) is 22.7. The summed E-state index contributed by atoms with van der Waals surface area (Å²) in [6.07, 6.45) is -2.66. The molecule has 0 fully saturated rings. The first-order valence-corrected chi connectivity index (χ1v) is 6.31. The average Bonchev–Trinajstić information content (AvgIpc) is 2.73. The predicted molar refractivity (Wildman–Crippen MR) is 66.6 cm³/mol. The largest absolute Gasteiger partial charge is 0.507 e. The second kappa shape index (κ2) is 4.24. The molecule has 0 amide bonds. The first-order valence-electron chi connectivity index (χ1n) is 5.49. The molecule has 6 heteroatoms. The van der Waals surface area contributed by atoms with E-state index in [0.29, 0.717) is 0 Å². The number of ether oxygens (including phenoxy) is 1. The van der Waals surface area contributed by atoms with E-state index in [9.17, 15) is 9.90 Å². The summed E-state index contributed by atoms with van der Waals surface area (Å²) in [6.45, 7) is 0.289. The van der Waals surface area contributed by atoms with Crippen LogP contribution in [0.2, 0.25) is 0 Å². The van der Waals surface area contributed by atoms with Crippen LogP contribution in [0, 0.1) is 0 Å². The molecule has 0 saturated carbocycles. The van der Waals surface area contributed by atoms with Crippen molar-refractivity contribution >= 4 is 27.6 Å². The van der Waals surface area contributed by atoms with Crippen molar-refractivity contribution in [3.63, 3.8) is 0 Å². The summed E-state index contributed by atoms with van der Waals surface area (Å²) >= 11 is 1.48. The van der Waals surface area contributed by atoms with Crippen LogP contribution in [0.25, 0.3) is 10.1 Å². The van der Waals surface area contributed by atoms with Crippen LogP contribution < -0.4 is 5.32 Å². The molecule has 18 heavy (non-hydrogen) atoms. The third kappa shape index (κ3) is 1.74. The molecule has 3 N–H and O–H groups in total. The van der Waals surface area contributed by atoms with E-state index in [1.165, 1.54) is 11.3 Å².